The van der Waals surface area contributed by atoms with Gasteiger partial charge in [-0.3, -0.25) is 0 Å². The van der Waals surface area contributed by atoms with Crippen LogP contribution in [-0.2, 0) is 0 Å². The molecule has 4 heteroatoms. The monoisotopic (exact) mass is 211 g/mol. The number of ether oxygens (including phenoxy) is 1. The van der Waals surface area contributed by atoms with E-state index < -0.39 is 0 Å². The summed E-state index contributed by atoms with van der Waals surface area (Å²) in [6.45, 7) is 9.30. The van der Waals surface area contributed by atoms with E-state index in [0.717, 1.165) is 18.9 Å². The van der Waals surface area contributed by atoms with E-state index in [-0.39, 0.29) is 0 Å². The molecule has 0 spiro atoms. The quantitative estimate of drug-likeness (QED) is 0.679. The van der Waals surface area contributed by atoms with Gasteiger partial charge in [0, 0.05) is 6.04 Å². The Morgan fingerprint density at radius 3 is 2.60 bits per heavy atom. The first-order chi connectivity index (χ1) is 7.09. The van der Waals surface area contributed by atoms with Crippen LogP contribution < -0.4 is 4.74 Å². The lowest BCUT2D eigenvalue weighted by Gasteiger charge is -2.04. The van der Waals surface area contributed by atoms with Crippen molar-refractivity contribution in [2.45, 2.75) is 46.6 Å². The highest BCUT2D eigenvalue weighted by molar-refractivity contribution is 4.99. The molecule has 0 atom stereocenters. The summed E-state index contributed by atoms with van der Waals surface area (Å²) in [5, 5.41) is 7.92. The lowest BCUT2D eigenvalue weighted by molar-refractivity contribution is 0.286. The van der Waals surface area contributed by atoms with Crippen LogP contribution in [0, 0.1) is 5.92 Å². The molecule has 0 aliphatic heterocycles. The van der Waals surface area contributed by atoms with Crippen LogP contribution in [0.4, 0.5) is 0 Å². The fraction of sp³-hybridized carbons (Fsp3) is 0.818. The zero-order valence-corrected chi connectivity index (χ0v) is 10.1. The lowest BCUT2D eigenvalue weighted by Crippen LogP contribution is -2.01. The maximum atomic E-state index is 5.49. The molecule has 1 rings (SSSR count). The number of aromatic nitrogens is 3. The van der Waals surface area contributed by atoms with Gasteiger partial charge in [0.2, 0.25) is 0 Å². The molecule has 0 aliphatic rings. The predicted molar refractivity (Wildman–Crippen MR) is 60.0 cm³/mol. The van der Waals surface area contributed by atoms with E-state index >= 15 is 0 Å². The van der Waals surface area contributed by atoms with Gasteiger partial charge in [0.15, 0.2) is 0 Å². The molecule has 86 valence electrons. The minimum Gasteiger partial charge on any atom is -0.475 e. The molecule has 1 aromatic heterocycles. The van der Waals surface area contributed by atoms with Crippen molar-refractivity contribution in [3.63, 3.8) is 0 Å². The second kappa shape index (κ2) is 5.73. The van der Waals surface area contributed by atoms with Crippen molar-refractivity contribution < 1.29 is 4.74 Å². The molecule has 0 saturated heterocycles. The van der Waals surface area contributed by atoms with E-state index in [1.165, 1.54) is 6.42 Å². The Labute approximate surface area is 91.6 Å². The smallest absolute Gasteiger partial charge is 0.253 e. The summed E-state index contributed by atoms with van der Waals surface area (Å²) in [5.41, 5.74) is 0. The maximum absolute atomic E-state index is 5.49. The first kappa shape index (κ1) is 12.0. The molecule has 0 aliphatic carbocycles. The largest absolute Gasteiger partial charge is 0.475 e. The molecule has 0 unspecified atom stereocenters. The zero-order valence-electron chi connectivity index (χ0n) is 10.1. The summed E-state index contributed by atoms with van der Waals surface area (Å²) >= 11 is 0. The summed E-state index contributed by atoms with van der Waals surface area (Å²) in [6, 6.07) is 0.338. The zero-order chi connectivity index (χ0) is 11.3. The van der Waals surface area contributed by atoms with Crippen molar-refractivity contribution >= 4 is 0 Å². The summed E-state index contributed by atoms with van der Waals surface area (Å²) in [7, 11) is 0. The molecule has 1 aromatic rings. The van der Waals surface area contributed by atoms with Crippen LogP contribution in [0.25, 0.3) is 0 Å². The van der Waals surface area contributed by atoms with Crippen LogP contribution in [0.2, 0.25) is 0 Å². The Kier molecular flexibility index (Phi) is 4.59. The predicted octanol–water partition coefficient (Wildman–Crippen LogP) is 2.67. The Hall–Kier alpha value is -1.06. The first-order valence-corrected chi connectivity index (χ1v) is 5.64. The van der Waals surface area contributed by atoms with Gasteiger partial charge in [-0.25, -0.2) is 4.68 Å². The normalized spacial score (nSPS) is 11.3. The van der Waals surface area contributed by atoms with Crippen molar-refractivity contribution in [1.82, 2.24) is 15.0 Å². The molecule has 0 saturated carbocycles. The second-order valence-corrected chi connectivity index (χ2v) is 4.52. The van der Waals surface area contributed by atoms with E-state index in [4.69, 9.17) is 4.74 Å². The summed E-state index contributed by atoms with van der Waals surface area (Å²) in [4.78, 5) is 0. The average molecular weight is 211 g/mol. The van der Waals surface area contributed by atoms with E-state index in [1.807, 2.05) is 6.20 Å². The van der Waals surface area contributed by atoms with E-state index in [0.29, 0.717) is 11.9 Å². The average Bonchev–Trinajstić information content (AvgIpc) is 2.60. The number of hydrogen-bond acceptors (Lipinski definition) is 3. The van der Waals surface area contributed by atoms with Gasteiger partial charge >= 0.3 is 0 Å². The third-order valence-corrected chi connectivity index (χ3v) is 2.19. The minimum atomic E-state index is 0.338. The topological polar surface area (TPSA) is 39.9 Å². The Balaban J connectivity index is 2.26. The molecule has 0 bridgehead atoms. The van der Waals surface area contributed by atoms with Crippen LogP contribution in [0.3, 0.4) is 0 Å². The fourth-order valence-electron chi connectivity index (χ4n) is 1.25. The summed E-state index contributed by atoms with van der Waals surface area (Å²) in [6.07, 6.45) is 4.12. The summed E-state index contributed by atoms with van der Waals surface area (Å²) in [5.74, 6) is 1.37. The molecule has 0 amide bonds. The minimum absolute atomic E-state index is 0.338. The van der Waals surface area contributed by atoms with Crippen molar-refractivity contribution in [2.24, 2.45) is 5.92 Å². The Bertz CT molecular complexity index is 281. The molecule has 0 N–H and O–H groups in total. The molecule has 1 heterocycles. The maximum Gasteiger partial charge on any atom is 0.253 e. The highest BCUT2D eigenvalue weighted by Crippen LogP contribution is 2.10. The van der Waals surface area contributed by atoms with Gasteiger partial charge in [0.1, 0.15) is 0 Å². The molecule has 0 radical (unpaired) electrons. The number of hydrogen-bond donors (Lipinski definition) is 0. The highest BCUT2D eigenvalue weighted by Gasteiger charge is 2.03. The number of rotatable bonds is 6. The molecule has 0 fully saturated rings. The molecular formula is C11H21N3O. The standard InChI is InChI=1S/C11H21N3O/c1-9(2)6-5-7-15-11-8-14(10(3)4)13-12-11/h8-10H,5-7H2,1-4H3. The highest BCUT2D eigenvalue weighted by atomic mass is 16.5. The molecule has 15 heavy (non-hydrogen) atoms. The second-order valence-electron chi connectivity index (χ2n) is 4.52. The van der Waals surface area contributed by atoms with Gasteiger partial charge in [-0.1, -0.05) is 24.2 Å². The van der Waals surface area contributed by atoms with Crippen LogP contribution in [0.15, 0.2) is 6.20 Å². The van der Waals surface area contributed by atoms with E-state index in [2.05, 4.69) is 38.0 Å². The third kappa shape index (κ3) is 4.32. The van der Waals surface area contributed by atoms with Gasteiger partial charge in [-0.15, -0.1) is 0 Å². The first-order valence-electron chi connectivity index (χ1n) is 5.64. The van der Waals surface area contributed by atoms with E-state index in [9.17, 15) is 0 Å². The van der Waals surface area contributed by atoms with Gasteiger partial charge < -0.3 is 4.74 Å². The van der Waals surface area contributed by atoms with Gasteiger partial charge in [0.25, 0.3) is 5.88 Å². The van der Waals surface area contributed by atoms with Crippen LogP contribution >= 0.6 is 0 Å². The van der Waals surface area contributed by atoms with Crippen molar-refractivity contribution in [3.05, 3.63) is 6.20 Å². The summed E-state index contributed by atoms with van der Waals surface area (Å²) < 4.78 is 7.30. The van der Waals surface area contributed by atoms with Gasteiger partial charge in [0.05, 0.1) is 12.8 Å². The third-order valence-electron chi connectivity index (χ3n) is 2.19. The Morgan fingerprint density at radius 1 is 1.33 bits per heavy atom. The fourth-order valence-corrected chi connectivity index (χ4v) is 1.25. The molecule has 4 nitrogen and oxygen atoms in total. The lowest BCUT2D eigenvalue weighted by atomic mass is 10.1. The Morgan fingerprint density at radius 2 is 2.07 bits per heavy atom. The SMILES string of the molecule is CC(C)CCCOc1cn(C(C)C)nn1. The van der Waals surface area contributed by atoms with Crippen molar-refractivity contribution in [3.8, 4) is 5.88 Å². The van der Waals surface area contributed by atoms with Crippen molar-refractivity contribution in [2.75, 3.05) is 6.61 Å². The van der Waals surface area contributed by atoms with Gasteiger partial charge in [-0.05, 0) is 32.6 Å². The number of nitrogens with zero attached hydrogens (tertiary/aromatic N) is 3. The van der Waals surface area contributed by atoms with Crippen LogP contribution in [0.1, 0.15) is 46.6 Å². The molecular weight excluding hydrogens is 190 g/mol. The van der Waals surface area contributed by atoms with Crippen LogP contribution in [-0.4, -0.2) is 21.6 Å². The van der Waals surface area contributed by atoms with E-state index in [1.54, 1.807) is 4.68 Å². The van der Waals surface area contributed by atoms with Crippen molar-refractivity contribution in [1.29, 1.82) is 0 Å². The van der Waals surface area contributed by atoms with Gasteiger partial charge in [-0.2, -0.15) is 0 Å². The van der Waals surface area contributed by atoms with Crippen LogP contribution in [0.5, 0.6) is 5.88 Å². The molecule has 0 aromatic carbocycles.